The van der Waals surface area contributed by atoms with Crippen molar-refractivity contribution in [2.75, 3.05) is 12.0 Å². The molecule has 0 spiro atoms. The highest BCUT2D eigenvalue weighted by atomic mass is 35.5. The third-order valence-corrected chi connectivity index (χ3v) is 5.34. The summed E-state index contributed by atoms with van der Waals surface area (Å²) >= 11 is 13.2. The number of ketones is 1. The average Bonchev–Trinajstić information content (AvgIpc) is 3.15. The van der Waals surface area contributed by atoms with Crippen LogP contribution in [0.25, 0.3) is 6.08 Å². The van der Waals surface area contributed by atoms with Crippen molar-refractivity contribution in [3.8, 4) is 5.75 Å². The summed E-state index contributed by atoms with van der Waals surface area (Å²) in [6.45, 7) is 1.47. The first kappa shape index (κ1) is 21.0. The lowest BCUT2D eigenvalue weighted by atomic mass is 10.1. The Hall–Kier alpha value is -2.67. The molecule has 0 atom stereocenters. The van der Waals surface area contributed by atoms with Gasteiger partial charge in [-0.05, 0) is 54.6 Å². The number of hydrogen-bond acceptors (Lipinski definition) is 5. The molecular weight excluding hydrogens is 431 g/mol. The van der Waals surface area contributed by atoms with Crippen LogP contribution in [0.15, 0.2) is 53.9 Å². The topological polar surface area (TPSA) is 59.5 Å². The quantitative estimate of drug-likeness (QED) is 0.342. The summed E-state index contributed by atoms with van der Waals surface area (Å²) in [5.41, 5.74) is 1.58. The van der Waals surface area contributed by atoms with E-state index in [0.29, 0.717) is 32.8 Å². The van der Waals surface area contributed by atoms with Crippen LogP contribution < -0.4 is 9.64 Å². The van der Waals surface area contributed by atoms with Crippen LogP contribution in [-0.4, -0.2) is 23.8 Å². The normalized spacial score (nSPS) is 10.9. The van der Waals surface area contributed by atoms with Gasteiger partial charge in [0.05, 0.1) is 23.5 Å². The molecule has 3 aromatic rings. The number of allylic oxidation sites excluding steroid dienone is 1. The molecule has 0 unspecified atom stereocenters. The second-order valence-corrected chi connectivity index (χ2v) is 7.61. The number of halogens is 2. The van der Waals surface area contributed by atoms with Gasteiger partial charge in [0.15, 0.2) is 10.9 Å². The van der Waals surface area contributed by atoms with Crippen molar-refractivity contribution in [2.45, 2.75) is 6.92 Å². The molecule has 29 heavy (non-hydrogen) atoms. The van der Waals surface area contributed by atoms with Crippen molar-refractivity contribution in [1.82, 2.24) is 4.98 Å². The second kappa shape index (κ2) is 9.22. The van der Waals surface area contributed by atoms with Gasteiger partial charge in [-0.15, -0.1) is 11.3 Å². The summed E-state index contributed by atoms with van der Waals surface area (Å²) in [5, 5.41) is 3.01. The molecule has 3 rings (SSSR count). The van der Waals surface area contributed by atoms with Crippen molar-refractivity contribution in [2.24, 2.45) is 0 Å². The summed E-state index contributed by atoms with van der Waals surface area (Å²) in [5.74, 6) is 0.253. The third-order valence-electron chi connectivity index (χ3n) is 3.95. The number of hydrogen-bond donors (Lipinski definition) is 0. The monoisotopic (exact) mass is 446 g/mol. The molecule has 1 heterocycles. The zero-order chi connectivity index (χ0) is 21.0. The van der Waals surface area contributed by atoms with E-state index in [1.807, 2.05) is 0 Å². The maximum atomic E-state index is 12.4. The molecule has 0 aliphatic carbocycles. The molecule has 0 saturated carbocycles. The van der Waals surface area contributed by atoms with E-state index < -0.39 is 0 Å². The van der Waals surface area contributed by atoms with Gasteiger partial charge in [-0.3, -0.25) is 14.5 Å². The number of amides is 1. The Bertz CT molecular complexity index is 1080. The van der Waals surface area contributed by atoms with E-state index in [0.717, 1.165) is 0 Å². The molecule has 0 bridgehead atoms. The zero-order valence-electron chi connectivity index (χ0n) is 15.6. The summed E-state index contributed by atoms with van der Waals surface area (Å²) < 4.78 is 5.15. The largest absolute Gasteiger partial charge is 0.497 e. The lowest BCUT2D eigenvalue weighted by molar-refractivity contribution is -0.115. The van der Waals surface area contributed by atoms with Gasteiger partial charge in [0.2, 0.25) is 5.91 Å². The van der Waals surface area contributed by atoms with Crippen LogP contribution in [0, 0.1) is 0 Å². The van der Waals surface area contributed by atoms with Gasteiger partial charge in [0, 0.05) is 22.9 Å². The minimum absolute atomic E-state index is 0.177. The highest BCUT2D eigenvalue weighted by Gasteiger charge is 2.17. The van der Waals surface area contributed by atoms with Gasteiger partial charge in [0.1, 0.15) is 5.75 Å². The summed E-state index contributed by atoms with van der Waals surface area (Å²) in [6.07, 6.45) is 2.97. The molecule has 1 amide bonds. The predicted molar refractivity (Wildman–Crippen MR) is 118 cm³/mol. The van der Waals surface area contributed by atoms with E-state index >= 15 is 0 Å². The van der Waals surface area contributed by atoms with E-state index in [4.69, 9.17) is 27.9 Å². The Balaban J connectivity index is 1.81. The highest BCUT2D eigenvalue weighted by Crippen LogP contribution is 2.30. The first-order chi connectivity index (χ1) is 13.9. The molecule has 1 aromatic heterocycles. The fraction of sp³-hybridized carbons (Fsp3) is 0.0952. The van der Waals surface area contributed by atoms with Crippen LogP contribution in [0.5, 0.6) is 5.75 Å². The number of methoxy groups -OCH3 is 1. The standard InChI is InChI=1S/C21H16Cl2N2O3S/c1-13(26)25(16-5-7-17(28-2)8-6-16)21-24-15(12-29-21)4-10-20(27)18-9-3-14(22)11-19(18)23/h3-12H,1-2H3/b10-4+. The third kappa shape index (κ3) is 5.03. The minimum Gasteiger partial charge on any atom is -0.497 e. The Morgan fingerprint density at radius 2 is 1.86 bits per heavy atom. The minimum atomic E-state index is -0.264. The molecule has 0 aliphatic rings. The number of carbonyl (C=O) groups is 2. The van der Waals surface area contributed by atoms with Crippen molar-refractivity contribution in [3.05, 3.63) is 75.2 Å². The van der Waals surface area contributed by atoms with E-state index in [1.54, 1.807) is 55.0 Å². The Morgan fingerprint density at radius 3 is 2.48 bits per heavy atom. The first-order valence-corrected chi connectivity index (χ1v) is 10.1. The van der Waals surface area contributed by atoms with Crippen molar-refractivity contribution >= 4 is 63.1 Å². The van der Waals surface area contributed by atoms with Gasteiger partial charge in [0.25, 0.3) is 0 Å². The number of ether oxygens (including phenoxy) is 1. The SMILES string of the molecule is COc1ccc(N(C(C)=O)c2nc(/C=C/C(=O)c3ccc(Cl)cc3Cl)cs2)cc1. The van der Waals surface area contributed by atoms with Gasteiger partial charge < -0.3 is 4.74 Å². The lowest BCUT2D eigenvalue weighted by Gasteiger charge is -2.18. The van der Waals surface area contributed by atoms with E-state index in [9.17, 15) is 9.59 Å². The number of benzene rings is 2. The summed E-state index contributed by atoms with van der Waals surface area (Å²) in [6, 6.07) is 11.8. The van der Waals surface area contributed by atoms with E-state index in [2.05, 4.69) is 4.98 Å². The average molecular weight is 447 g/mol. The molecule has 8 heteroatoms. The summed E-state index contributed by atoms with van der Waals surface area (Å²) in [4.78, 5) is 30.5. The molecule has 148 valence electrons. The van der Waals surface area contributed by atoms with Crippen LogP contribution in [0.1, 0.15) is 23.0 Å². The van der Waals surface area contributed by atoms with Gasteiger partial charge in [-0.1, -0.05) is 23.2 Å². The number of nitrogens with zero attached hydrogens (tertiary/aromatic N) is 2. The molecule has 0 saturated heterocycles. The molecular formula is C21H16Cl2N2O3S. The van der Waals surface area contributed by atoms with Crippen LogP contribution in [0.4, 0.5) is 10.8 Å². The number of aromatic nitrogens is 1. The van der Waals surface area contributed by atoms with E-state index in [-0.39, 0.29) is 16.7 Å². The van der Waals surface area contributed by atoms with Crippen molar-refractivity contribution in [3.63, 3.8) is 0 Å². The van der Waals surface area contributed by atoms with Crippen LogP contribution in [0.3, 0.4) is 0 Å². The fourth-order valence-electron chi connectivity index (χ4n) is 2.55. The molecule has 2 aromatic carbocycles. The molecule has 0 N–H and O–H groups in total. The Morgan fingerprint density at radius 1 is 1.14 bits per heavy atom. The van der Waals surface area contributed by atoms with Crippen LogP contribution in [-0.2, 0) is 4.79 Å². The summed E-state index contributed by atoms with van der Waals surface area (Å²) in [7, 11) is 1.58. The Kier molecular flexibility index (Phi) is 6.69. The maximum absolute atomic E-state index is 12.4. The Labute approximate surface area is 182 Å². The zero-order valence-corrected chi connectivity index (χ0v) is 17.9. The lowest BCUT2D eigenvalue weighted by Crippen LogP contribution is -2.22. The smallest absolute Gasteiger partial charge is 0.230 e. The number of anilines is 2. The molecule has 0 fully saturated rings. The van der Waals surface area contributed by atoms with Gasteiger partial charge in [-0.2, -0.15) is 0 Å². The van der Waals surface area contributed by atoms with Crippen molar-refractivity contribution < 1.29 is 14.3 Å². The molecule has 5 nitrogen and oxygen atoms in total. The second-order valence-electron chi connectivity index (χ2n) is 5.93. The maximum Gasteiger partial charge on any atom is 0.230 e. The van der Waals surface area contributed by atoms with E-state index in [1.165, 1.54) is 35.3 Å². The highest BCUT2D eigenvalue weighted by molar-refractivity contribution is 7.14. The number of carbonyl (C=O) groups excluding carboxylic acids is 2. The number of thiazole rings is 1. The van der Waals surface area contributed by atoms with Crippen molar-refractivity contribution in [1.29, 1.82) is 0 Å². The van der Waals surface area contributed by atoms with Crippen LogP contribution >= 0.6 is 34.5 Å². The van der Waals surface area contributed by atoms with Crippen LogP contribution in [0.2, 0.25) is 10.0 Å². The first-order valence-electron chi connectivity index (χ1n) is 8.47. The molecule has 0 radical (unpaired) electrons. The van der Waals surface area contributed by atoms with Gasteiger partial charge >= 0.3 is 0 Å². The van der Waals surface area contributed by atoms with Gasteiger partial charge in [-0.25, -0.2) is 4.98 Å². The predicted octanol–water partition coefficient (Wildman–Crippen LogP) is 6.04. The number of rotatable bonds is 6. The fourth-order valence-corrected chi connectivity index (χ4v) is 3.91. The molecule has 0 aliphatic heterocycles.